The van der Waals surface area contributed by atoms with Crippen molar-refractivity contribution in [3.63, 3.8) is 0 Å². The van der Waals surface area contributed by atoms with Gasteiger partial charge in [-0.05, 0) is 80.4 Å². The number of aromatic amines is 1. The fourth-order valence-corrected chi connectivity index (χ4v) is 13.9. The minimum Gasteiger partial charge on any atom is -0.481 e. The van der Waals surface area contributed by atoms with E-state index in [4.69, 9.17) is 40.1 Å². The molecule has 1 fully saturated rings. The van der Waals surface area contributed by atoms with Crippen molar-refractivity contribution in [3.05, 3.63) is 71.9 Å². The van der Waals surface area contributed by atoms with Crippen LogP contribution in [0.15, 0.2) is 75.6 Å². The van der Waals surface area contributed by atoms with Crippen LogP contribution in [0.3, 0.4) is 0 Å². The molecule has 0 saturated carbocycles. The fourth-order valence-electron chi connectivity index (χ4n) is 11.6. The predicted molar refractivity (Wildman–Crippen MR) is 443 cm³/mol. The molecule has 3 aromatic rings. The van der Waals surface area contributed by atoms with Crippen LogP contribution in [0.1, 0.15) is 104 Å². The number of aliphatic hydroxyl groups excluding tert-OH is 2. The average Bonchev–Trinajstić information content (AvgIpc) is 1.60. The number of guanidine groups is 3. The summed E-state index contributed by atoms with van der Waals surface area (Å²) in [5.41, 5.74) is 40.3. The Labute approximate surface area is 698 Å². The van der Waals surface area contributed by atoms with Crippen molar-refractivity contribution < 1.29 is 97.1 Å². The summed E-state index contributed by atoms with van der Waals surface area (Å²) in [5, 5.41) is 75.6. The summed E-state index contributed by atoms with van der Waals surface area (Å²) >= 11 is 0. The summed E-state index contributed by atoms with van der Waals surface area (Å²) in [5.74, 6) is -22.1. The second-order valence-electron chi connectivity index (χ2n) is 28.2. The van der Waals surface area contributed by atoms with Gasteiger partial charge in [-0.15, -0.1) is 0 Å². The van der Waals surface area contributed by atoms with E-state index in [0.717, 1.165) is 21.6 Å². The highest BCUT2D eigenvalue weighted by molar-refractivity contribution is 8.76. The molecule has 4 rings (SSSR count). The number of nitrogens with one attached hydrogen (secondary N) is 15. The second kappa shape index (κ2) is 52.0. The number of aliphatic imine (C=N–C) groups is 3. The number of aliphatic carboxylic acids is 2. The van der Waals surface area contributed by atoms with Crippen molar-refractivity contribution >= 4 is 145 Å². The van der Waals surface area contributed by atoms with Crippen molar-refractivity contribution in [2.24, 2.45) is 66.9 Å². The first kappa shape index (κ1) is 100. The molecule has 0 spiro atoms. The largest absolute Gasteiger partial charge is 0.481 e. The third kappa shape index (κ3) is 35.6. The van der Waals surface area contributed by atoms with Gasteiger partial charge in [0.15, 0.2) is 17.9 Å². The predicted octanol–water partition coefficient (Wildman–Crippen LogP) is -8.46. The first-order chi connectivity index (χ1) is 56.9. The summed E-state index contributed by atoms with van der Waals surface area (Å²) < 4.78 is 0. The molecular formula is C73H113N25O20S2. The number of carboxylic acid groups (broad SMARTS) is 2. The molecule has 0 radical (unpaired) electrons. The normalized spacial score (nSPS) is 21.7. The molecule has 1 aliphatic heterocycles. The van der Waals surface area contributed by atoms with E-state index in [2.05, 4.69) is 94.4 Å². The number of aromatic nitrogens is 1. The zero-order valence-electron chi connectivity index (χ0n) is 67.1. The van der Waals surface area contributed by atoms with E-state index in [-0.39, 0.29) is 102 Å². The second-order valence-corrected chi connectivity index (χ2v) is 30.7. The fraction of sp³-hybridized carbons (Fsp3) is 0.548. The van der Waals surface area contributed by atoms with E-state index in [1.807, 2.05) is 0 Å². The number of hydrogen-bond acceptors (Lipinski definition) is 24. The Balaban J connectivity index is 1.96. The topological polar surface area (TPSA) is 757 Å². The smallest absolute Gasteiger partial charge is 0.326 e. The molecule has 0 bridgehead atoms. The van der Waals surface area contributed by atoms with Crippen molar-refractivity contribution in [2.75, 3.05) is 57.4 Å². The Bertz CT molecular complexity index is 4080. The zero-order valence-corrected chi connectivity index (χ0v) is 68.7. The van der Waals surface area contributed by atoms with Crippen LogP contribution in [0, 0.1) is 11.8 Å². The molecule has 2 heterocycles. The minimum atomic E-state index is -2.03. The van der Waals surface area contributed by atoms with Gasteiger partial charge in [0.25, 0.3) is 0 Å². The molecule has 15 atom stereocenters. The molecule has 0 unspecified atom stereocenters. The van der Waals surface area contributed by atoms with Crippen LogP contribution in [0.5, 0.6) is 0 Å². The van der Waals surface area contributed by atoms with Gasteiger partial charge in [-0.1, -0.05) is 111 Å². The van der Waals surface area contributed by atoms with Crippen LogP contribution in [0.25, 0.3) is 10.9 Å². The van der Waals surface area contributed by atoms with E-state index in [1.165, 1.54) is 20.8 Å². The first-order valence-corrected chi connectivity index (χ1v) is 41.0. The molecule has 45 nitrogen and oxygen atoms in total. The van der Waals surface area contributed by atoms with Gasteiger partial charge < -0.3 is 140 Å². The quantitative estimate of drug-likeness (QED) is 0.0117. The summed E-state index contributed by atoms with van der Waals surface area (Å²) in [4.78, 5) is 241. The van der Waals surface area contributed by atoms with Gasteiger partial charge in [0.1, 0.15) is 78.5 Å². The molecular weight excluding hydrogens is 1610 g/mol. The van der Waals surface area contributed by atoms with Gasteiger partial charge in [-0.2, -0.15) is 0 Å². The molecule has 120 heavy (non-hydrogen) atoms. The van der Waals surface area contributed by atoms with Gasteiger partial charge in [0.2, 0.25) is 82.7 Å². The highest BCUT2D eigenvalue weighted by Crippen LogP contribution is 2.25. The molecule has 2 aromatic carbocycles. The SMILES string of the molecule is CC[C@H](C)[C@@H]1NC(=O)[C@@H](CCCN=C(N)N)NC(=O)CNC(=O)CNC(=O)[C@@H](Cc2cc3ccccc3[nH]2)NC(=O)[C@H](C)NC(=O)[C@H](NC(=O)[C@H](CO)NC(=O)[C@@H](N)CO)CSSC[C@H](C(=O)N[C@H](Cc2ccccc2)C(=O)N[C@H](CCCN=C(N)N)C(=O)O)NC(=O)[C@@H]([C@@H](C)CC)NC(=O)[C@H](CCCN=C(N)N)NC(=O)[C@@H](CC(=O)O)NC1=O. The number of aliphatic hydroxyl groups is 2. The van der Waals surface area contributed by atoms with Gasteiger partial charge >= 0.3 is 11.9 Å². The Morgan fingerprint density at radius 2 is 1.06 bits per heavy atom. The molecule has 1 aromatic heterocycles. The summed E-state index contributed by atoms with van der Waals surface area (Å²) in [7, 11) is 1.48. The van der Waals surface area contributed by atoms with Crippen LogP contribution < -0.4 is 115 Å². The summed E-state index contributed by atoms with van der Waals surface area (Å²) in [6.45, 7) is 3.58. The lowest BCUT2D eigenvalue weighted by atomic mass is 9.96. The maximum atomic E-state index is 15.2. The van der Waals surface area contributed by atoms with Crippen LogP contribution in [-0.2, 0) is 89.6 Å². The summed E-state index contributed by atoms with van der Waals surface area (Å²) in [6, 6.07) is -5.22. The lowest BCUT2D eigenvalue weighted by molar-refractivity contribution is -0.142. The van der Waals surface area contributed by atoms with Gasteiger partial charge in [0, 0.05) is 55.2 Å². The van der Waals surface area contributed by atoms with Crippen molar-refractivity contribution in [3.8, 4) is 0 Å². The van der Waals surface area contributed by atoms with Crippen molar-refractivity contribution in [1.29, 1.82) is 0 Å². The molecule has 1 saturated heterocycles. The highest BCUT2D eigenvalue weighted by Gasteiger charge is 2.39. The van der Waals surface area contributed by atoms with Crippen LogP contribution in [0.4, 0.5) is 0 Å². The van der Waals surface area contributed by atoms with E-state index >= 15 is 9.59 Å². The van der Waals surface area contributed by atoms with E-state index < -0.39 is 229 Å². The number of nitrogens with zero attached hydrogens (tertiary/aromatic N) is 3. The number of amides is 14. The number of carboxylic acids is 2. The average molecular weight is 1720 g/mol. The number of para-hydroxylation sites is 1. The highest BCUT2D eigenvalue weighted by atomic mass is 33.1. The number of hydrogen-bond donors (Lipinski definition) is 26. The van der Waals surface area contributed by atoms with Crippen LogP contribution >= 0.6 is 21.6 Å². The Hall–Kier alpha value is -12.1. The monoisotopic (exact) mass is 1720 g/mol. The van der Waals surface area contributed by atoms with E-state index in [9.17, 15) is 87.5 Å². The molecule has 1 aliphatic rings. The number of fused-ring (bicyclic) bond motifs is 1. The number of H-pyrrole nitrogens is 1. The number of carbonyl (C=O) groups is 16. The van der Waals surface area contributed by atoms with Crippen molar-refractivity contribution in [1.82, 2.24) is 79.4 Å². The van der Waals surface area contributed by atoms with Gasteiger partial charge in [-0.3, -0.25) is 86.9 Å². The zero-order chi connectivity index (χ0) is 89.3. The Morgan fingerprint density at radius 1 is 0.533 bits per heavy atom. The lowest BCUT2D eigenvalue weighted by Gasteiger charge is -2.30. The summed E-state index contributed by atoms with van der Waals surface area (Å²) in [6.07, 6.45) is -2.24. The van der Waals surface area contributed by atoms with Crippen LogP contribution in [0.2, 0.25) is 0 Å². The molecule has 47 heteroatoms. The Morgan fingerprint density at radius 3 is 1.62 bits per heavy atom. The molecule has 662 valence electrons. The van der Waals surface area contributed by atoms with Gasteiger partial charge in [0.05, 0.1) is 32.7 Å². The van der Waals surface area contributed by atoms with Crippen LogP contribution in [-0.4, -0.2) is 274 Å². The molecule has 0 aliphatic carbocycles. The number of carbonyl (C=O) groups excluding carboxylic acids is 14. The number of benzene rings is 2. The van der Waals surface area contributed by atoms with E-state index in [1.54, 1.807) is 74.5 Å². The molecule has 33 N–H and O–H groups in total. The minimum absolute atomic E-state index is 0.0230. The number of nitrogens with two attached hydrogens (primary N) is 7. The lowest BCUT2D eigenvalue weighted by Crippen LogP contribution is -2.62. The Kier molecular flexibility index (Phi) is 43.4. The number of rotatable bonds is 33. The first-order valence-electron chi connectivity index (χ1n) is 38.5. The molecule has 14 amide bonds. The maximum Gasteiger partial charge on any atom is 0.326 e. The van der Waals surface area contributed by atoms with Crippen molar-refractivity contribution in [2.45, 2.75) is 184 Å². The maximum absolute atomic E-state index is 15.2. The van der Waals surface area contributed by atoms with Gasteiger partial charge in [-0.25, -0.2) is 4.79 Å². The standard InChI is InChI=1S/C73H113N25O20S2/c1-6-36(3)56-68(115)93-49(29-55(103)104)64(111)89-45(21-14-24-82-72(77)78)62(109)98-57(37(4)7-2)69(116)96-52(67(114)92-47(26-39-16-9-8-10-17-39)63(110)90-46(70(117)118)22-15-25-83-73(79)80)35-120-119-34-51(95-65(112)50(33-100)94-59(106)42(74)32-99)66(113)86-38(5)58(105)91-48(28-41-27-40-18-11-12-19-43(40)87-41)60(107)85-30-53(101)84-31-54(102)88-44(61(108)97-56)20-13-23-81-71(75)76/h8-12,16-19,27,36-38,42,44-52,56-57,87,99-100H,6-7,13-15,20-26,28-35,74H2,1-5H3,(H,84,101)(H,85,107)(H,86,113)(H,88,102)(H,89,111)(H,90,110)(H,91,105)(H,92,114)(H,93,115)(H,94,106)(H,95,112)(H,96,116)(H,97,108)(H,98,109)(H,103,104)(H,117,118)(H4,75,76,81)(H4,77,78,82)(H4,79,80,83)/t36-,37-,38-,42-,44+,45-,46+,47+,48+,49+,50-,51+,52+,56-,57+/m0/s1. The third-order valence-corrected chi connectivity index (χ3v) is 21.1. The van der Waals surface area contributed by atoms with E-state index in [0.29, 0.717) is 22.2 Å². The third-order valence-electron chi connectivity index (χ3n) is 18.7.